The first-order valence-corrected chi connectivity index (χ1v) is 21.8. The number of ether oxygens (including phenoxy) is 1. The maximum absolute atomic E-state index is 12.1. The zero-order chi connectivity index (χ0) is 36.8. The van der Waals surface area contributed by atoms with E-state index < -0.39 is 26.5 Å². The minimum Gasteiger partial charge on any atom is -0.463 e. The lowest BCUT2D eigenvalue weighted by Gasteiger charge is -2.15. The quantitative estimate of drug-likeness (QED) is 0.0248. The van der Waals surface area contributed by atoms with Gasteiger partial charge >= 0.3 is 13.8 Å². The Morgan fingerprint density at radius 3 is 1.68 bits per heavy atom. The van der Waals surface area contributed by atoms with Gasteiger partial charge in [0, 0.05) is 19.4 Å². The molecule has 2 atom stereocenters. The number of phosphoric acid groups is 1. The van der Waals surface area contributed by atoms with Crippen LogP contribution in [0.1, 0.15) is 187 Å². The SMILES string of the molecule is CCC/C=C\C/C=C\CCCCCCCC(=O)NCCOP(=O)(O)OCC(O)COC(=O)CCCCCCCCCCCCCCCCCC. The molecule has 0 aliphatic rings. The van der Waals surface area contributed by atoms with Gasteiger partial charge in [-0.25, -0.2) is 4.57 Å². The number of unbranched alkanes of at least 4 members (excludes halogenated alkanes) is 21. The molecule has 0 rings (SSSR count). The van der Waals surface area contributed by atoms with Crippen LogP contribution >= 0.6 is 7.82 Å². The van der Waals surface area contributed by atoms with Gasteiger partial charge in [-0.15, -0.1) is 0 Å². The van der Waals surface area contributed by atoms with Crippen molar-refractivity contribution >= 4 is 19.7 Å². The predicted molar refractivity (Wildman–Crippen MR) is 206 cm³/mol. The Morgan fingerprint density at radius 2 is 1.12 bits per heavy atom. The third kappa shape index (κ3) is 37.7. The molecule has 3 N–H and O–H groups in total. The molecule has 0 aromatic rings. The third-order valence-corrected chi connectivity index (χ3v) is 9.60. The summed E-state index contributed by atoms with van der Waals surface area (Å²) in [4.78, 5) is 33.8. The van der Waals surface area contributed by atoms with Crippen molar-refractivity contribution in [1.29, 1.82) is 0 Å². The van der Waals surface area contributed by atoms with Crippen LogP contribution in [0.15, 0.2) is 24.3 Å². The van der Waals surface area contributed by atoms with Crippen molar-refractivity contribution in [2.75, 3.05) is 26.4 Å². The number of carbonyl (C=O) groups excluding carboxylic acids is 2. The van der Waals surface area contributed by atoms with E-state index in [9.17, 15) is 24.2 Å². The molecular formula is C40H76NO8P. The van der Waals surface area contributed by atoms with E-state index in [1.54, 1.807) is 0 Å². The number of amides is 1. The number of allylic oxidation sites excluding steroid dienone is 4. The minimum atomic E-state index is -4.41. The molecule has 50 heavy (non-hydrogen) atoms. The van der Waals surface area contributed by atoms with Crippen molar-refractivity contribution in [2.45, 2.75) is 193 Å². The van der Waals surface area contributed by atoms with Crippen LogP contribution in [0, 0.1) is 0 Å². The van der Waals surface area contributed by atoms with Crippen molar-refractivity contribution in [2.24, 2.45) is 0 Å². The van der Waals surface area contributed by atoms with E-state index >= 15 is 0 Å². The van der Waals surface area contributed by atoms with Gasteiger partial charge in [-0.1, -0.05) is 160 Å². The molecule has 10 heteroatoms. The number of carbonyl (C=O) groups is 2. The highest BCUT2D eigenvalue weighted by atomic mass is 31.2. The highest BCUT2D eigenvalue weighted by molar-refractivity contribution is 7.47. The Kier molecular flexibility index (Phi) is 36.1. The maximum Gasteiger partial charge on any atom is 0.472 e. The lowest BCUT2D eigenvalue weighted by atomic mass is 10.0. The summed E-state index contributed by atoms with van der Waals surface area (Å²) in [6.45, 7) is 3.48. The number of hydrogen-bond acceptors (Lipinski definition) is 7. The van der Waals surface area contributed by atoms with Gasteiger partial charge in [0.2, 0.25) is 5.91 Å². The lowest BCUT2D eigenvalue weighted by molar-refractivity contribution is -0.147. The number of aliphatic hydroxyl groups is 1. The van der Waals surface area contributed by atoms with Crippen LogP contribution in [0.25, 0.3) is 0 Å². The van der Waals surface area contributed by atoms with Gasteiger partial charge in [-0.3, -0.25) is 18.6 Å². The second-order valence-corrected chi connectivity index (χ2v) is 15.1. The van der Waals surface area contributed by atoms with Crippen LogP contribution in [0.2, 0.25) is 0 Å². The van der Waals surface area contributed by atoms with Gasteiger partial charge in [-0.2, -0.15) is 0 Å². The molecule has 9 nitrogen and oxygen atoms in total. The first-order valence-electron chi connectivity index (χ1n) is 20.3. The Bertz CT molecular complexity index is 881. The van der Waals surface area contributed by atoms with Gasteiger partial charge in [0.1, 0.15) is 12.7 Å². The molecule has 2 unspecified atom stereocenters. The van der Waals surface area contributed by atoms with Gasteiger partial charge in [0.15, 0.2) is 0 Å². The summed E-state index contributed by atoms with van der Waals surface area (Å²) in [6, 6.07) is 0. The van der Waals surface area contributed by atoms with Crippen molar-refractivity contribution in [3.63, 3.8) is 0 Å². The summed E-state index contributed by atoms with van der Waals surface area (Å²) in [5.74, 6) is -0.527. The van der Waals surface area contributed by atoms with E-state index in [4.69, 9.17) is 13.8 Å². The summed E-state index contributed by atoms with van der Waals surface area (Å²) in [5, 5.41) is 12.7. The normalized spacial score (nSPS) is 13.6. The number of esters is 1. The molecule has 0 aliphatic heterocycles. The minimum absolute atomic E-state index is 0.0756. The van der Waals surface area contributed by atoms with Crippen molar-refractivity contribution in [3.8, 4) is 0 Å². The van der Waals surface area contributed by atoms with Crippen LogP contribution in [0.5, 0.6) is 0 Å². The van der Waals surface area contributed by atoms with Crippen LogP contribution < -0.4 is 5.32 Å². The molecule has 1 amide bonds. The fraction of sp³-hybridized carbons (Fsp3) is 0.850. The molecule has 0 aromatic carbocycles. The predicted octanol–water partition coefficient (Wildman–Crippen LogP) is 10.8. The van der Waals surface area contributed by atoms with E-state index in [1.807, 2.05) is 0 Å². The molecule has 0 saturated heterocycles. The Labute approximate surface area is 306 Å². The summed E-state index contributed by atoms with van der Waals surface area (Å²) >= 11 is 0. The first-order chi connectivity index (χ1) is 24.3. The molecule has 0 fully saturated rings. The molecule has 0 radical (unpaired) electrons. The van der Waals surface area contributed by atoms with Gasteiger partial charge < -0.3 is 20.1 Å². The van der Waals surface area contributed by atoms with Crippen molar-refractivity contribution in [1.82, 2.24) is 5.32 Å². The standard InChI is InChI=1S/C40H76NO8P/c1-3-5-7-9-11-13-15-17-18-19-21-23-25-27-29-31-33-40(44)47-36-38(42)37-49-50(45,46)48-35-34-41-39(43)32-30-28-26-24-22-20-16-14-12-10-8-6-4-2/h8,10,14,16,38,42H,3-7,9,11-13,15,17-37H2,1-2H3,(H,41,43)(H,45,46)/b10-8-,16-14-. The molecule has 0 bridgehead atoms. The van der Waals surface area contributed by atoms with Crippen molar-refractivity contribution in [3.05, 3.63) is 24.3 Å². The van der Waals surface area contributed by atoms with Crippen LogP contribution in [0.4, 0.5) is 0 Å². The molecule has 0 saturated carbocycles. The average Bonchev–Trinajstić information content (AvgIpc) is 3.10. The number of rotatable bonds is 38. The fourth-order valence-electron chi connectivity index (χ4n) is 5.54. The van der Waals surface area contributed by atoms with Crippen LogP contribution in [0.3, 0.4) is 0 Å². The molecule has 0 aliphatic carbocycles. The summed E-state index contributed by atoms with van der Waals surface area (Å²) < 4.78 is 26.8. The lowest BCUT2D eigenvalue weighted by Crippen LogP contribution is -2.27. The average molecular weight is 730 g/mol. The Hall–Kier alpha value is -1.51. The van der Waals surface area contributed by atoms with Gasteiger partial charge in [-0.05, 0) is 38.5 Å². The highest BCUT2D eigenvalue weighted by Crippen LogP contribution is 2.42. The zero-order valence-electron chi connectivity index (χ0n) is 32.1. The summed E-state index contributed by atoms with van der Waals surface area (Å²) in [6.07, 6.45) is 38.2. The molecule has 0 heterocycles. The number of nitrogens with one attached hydrogen (secondary N) is 1. The van der Waals surface area contributed by atoms with E-state index in [-0.39, 0.29) is 32.1 Å². The maximum atomic E-state index is 12.1. The fourth-order valence-corrected chi connectivity index (χ4v) is 6.29. The van der Waals surface area contributed by atoms with E-state index in [0.717, 1.165) is 70.6 Å². The largest absolute Gasteiger partial charge is 0.472 e. The first kappa shape index (κ1) is 48.5. The molecule has 0 aromatic heterocycles. The number of phosphoric ester groups is 1. The second-order valence-electron chi connectivity index (χ2n) is 13.6. The van der Waals surface area contributed by atoms with E-state index in [1.165, 1.54) is 89.9 Å². The number of hydrogen-bond donors (Lipinski definition) is 3. The van der Waals surface area contributed by atoms with Crippen LogP contribution in [-0.4, -0.2) is 54.3 Å². The Morgan fingerprint density at radius 1 is 0.620 bits per heavy atom. The monoisotopic (exact) mass is 730 g/mol. The highest BCUT2D eigenvalue weighted by Gasteiger charge is 2.23. The number of aliphatic hydroxyl groups excluding tert-OH is 1. The smallest absolute Gasteiger partial charge is 0.463 e. The van der Waals surface area contributed by atoms with Crippen molar-refractivity contribution < 1.29 is 37.9 Å². The van der Waals surface area contributed by atoms with Gasteiger partial charge in [0.25, 0.3) is 0 Å². The summed E-state index contributed by atoms with van der Waals surface area (Å²) in [7, 11) is -4.41. The van der Waals surface area contributed by atoms with E-state index in [2.05, 4.69) is 43.5 Å². The van der Waals surface area contributed by atoms with Gasteiger partial charge in [0.05, 0.1) is 13.2 Å². The van der Waals surface area contributed by atoms with E-state index in [0.29, 0.717) is 6.42 Å². The molecule has 294 valence electrons. The summed E-state index contributed by atoms with van der Waals surface area (Å²) in [5.41, 5.74) is 0. The Balaban J connectivity index is 3.60. The topological polar surface area (TPSA) is 131 Å². The van der Waals surface area contributed by atoms with Crippen LogP contribution in [-0.2, 0) is 27.9 Å². The second kappa shape index (κ2) is 37.3. The molecule has 0 spiro atoms. The molecular weight excluding hydrogens is 653 g/mol. The zero-order valence-corrected chi connectivity index (χ0v) is 33.0. The third-order valence-electron chi connectivity index (χ3n) is 8.62.